The molecule has 29 heavy (non-hydrogen) atoms. The fraction of sp³-hybridized carbons (Fsp3) is 0.235. The summed E-state index contributed by atoms with van der Waals surface area (Å²) in [4.78, 5) is 3.21. The van der Waals surface area contributed by atoms with E-state index in [9.17, 15) is 30.0 Å². The lowest BCUT2D eigenvalue weighted by atomic mass is 10.2. The van der Waals surface area contributed by atoms with Gasteiger partial charge in [0, 0.05) is 13.0 Å². The predicted octanol–water partition coefficient (Wildman–Crippen LogP) is 2.98. The van der Waals surface area contributed by atoms with E-state index in [0.717, 1.165) is 30.7 Å². The number of alkyl halides is 3. The Bertz CT molecular complexity index is 1160. The van der Waals surface area contributed by atoms with Crippen LogP contribution in [0.25, 0.3) is 0 Å². The topological polar surface area (TPSA) is 105 Å². The molecule has 3 rings (SSSR count). The number of rotatable bonds is 5. The molecule has 2 N–H and O–H groups in total. The molecule has 12 heteroatoms. The molecule has 0 amide bonds. The van der Waals surface area contributed by atoms with E-state index in [1.165, 1.54) is 18.2 Å². The van der Waals surface area contributed by atoms with Gasteiger partial charge in [-0.15, -0.1) is 0 Å². The van der Waals surface area contributed by atoms with Crippen LogP contribution in [0.5, 0.6) is 0 Å². The highest BCUT2D eigenvalue weighted by atomic mass is 32.2. The summed E-state index contributed by atoms with van der Waals surface area (Å²) in [6, 6.07) is 8.18. The lowest BCUT2D eigenvalue weighted by Gasteiger charge is -2.12. The van der Waals surface area contributed by atoms with Gasteiger partial charge in [-0.25, -0.2) is 16.8 Å². The van der Waals surface area contributed by atoms with Gasteiger partial charge in [0.1, 0.15) is 5.84 Å². The van der Waals surface area contributed by atoms with E-state index in [4.69, 9.17) is 0 Å². The van der Waals surface area contributed by atoms with Crippen LogP contribution in [0, 0.1) is 0 Å². The number of benzene rings is 2. The van der Waals surface area contributed by atoms with Crippen LogP contribution < -0.4 is 9.44 Å². The van der Waals surface area contributed by atoms with Crippen molar-refractivity contribution >= 4 is 31.6 Å². The molecule has 0 aromatic heterocycles. The highest BCUT2D eigenvalue weighted by molar-refractivity contribution is 7.92. The van der Waals surface area contributed by atoms with E-state index in [1.54, 1.807) is 0 Å². The Morgan fingerprint density at radius 1 is 0.862 bits per heavy atom. The Morgan fingerprint density at radius 3 is 2.10 bits per heavy atom. The number of nitrogens with one attached hydrogen (secondary N) is 2. The zero-order valence-electron chi connectivity index (χ0n) is 14.8. The third-order valence-electron chi connectivity index (χ3n) is 3.99. The molecule has 7 nitrogen and oxygen atoms in total. The van der Waals surface area contributed by atoms with Crippen molar-refractivity contribution in [3.05, 3.63) is 54.1 Å². The monoisotopic (exact) mass is 447 g/mol. The first-order valence-corrected chi connectivity index (χ1v) is 11.3. The molecule has 1 heterocycles. The molecular formula is C17H16F3N3O4S2. The lowest BCUT2D eigenvalue weighted by molar-refractivity contribution is -0.137. The molecular weight excluding hydrogens is 431 g/mol. The van der Waals surface area contributed by atoms with Gasteiger partial charge in [-0.05, 0) is 42.8 Å². The number of aliphatic imine (C=N–C) groups is 1. The fourth-order valence-electron chi connectivity index (χ4n) is 2.62. The van der Waals surface area contributed by atoms with E-state index in [1.807, 2.05) is 0 Å². The maximum absolute atomic E-state index is 12.8. The first-order chi connectivity index (χ1) is 13.5. The second kappa shape index (κ2) is 7.67. The summed E-state index contributed by atoms with van der Waals surface area (Å²) in [5.74, 6) is 0.319. The molecule has 156 valence electrons. The third-order valence-corrected chi connectivity index (χ3v) is 6.75. The summed E-state index contributed by atoms with van der Waals surface area (Å²) in [5.41, 5.74) is -1.23. The van der Waals surface area contributed by atoms with Gasteiger partial charge in [-0.3, -0.25) is 14.4 Å². The summed E-state index contributed by atoms with van der Waals surface area (Å²) in [6.07, 6.45) is -3.48. The Hall–Kier alpha value is -2.60. The number of anilines is 1. The molecule has 0 radical (unpaired) electrons. The largest absolute Gasteiger partial charge is 0.416 e. The number of nitrogens with zero attached hydrogens (tertiary/aromatic N) is 1. The SMILES string of the molecule is O=S(=O)(NC1=NCCC1)c1cccc(NS(=O)(=O)c2cccc(C(F)(F)F)c2)c1. The van der Waals surface area contributed by atoms with Gasteiger partial charge in [0.15, 0.2) is 0 Å². The second-order valence-corrected chi connectivity index (χ2v) is 9.56. The Kier molecular flexibility index (Phi) is 5.59. The van der Waals surface area contributed by atoms with E-state index in [-0.39, 0.29) is 10.6 Å². The molecule has 2 aromatic carbocycles. The van der Waals surface area contributed by atoms with Gasteiger partial charge in [0.05, 0.1) is 21.0 Å². The standard InChI is InChI=1S/C17H16F3N3O4S2/c18-17(19,20)12-4-1-6-14(10-12)28(24,25)22-13-5-2-7-15(11-13)29(26,27)23-16-8-3-9-21-16/h1-2,4-7,10-11,22H,3,8-9H2,(H,21,23). The smallest absolute Gasteiger partial charge is 0.280 e. The zero-order valence-corrected chi connectivity index (χ0v) is 16.4. The molecule has 0 atom stereocenters. The van der Waals surface area contributed by atoms with Crippen molar-refractivity contribution in [3.8, 4) is 0 Å². The number of sulfonamides is 2. The van der Waals surface area contributed by atoms with E-state index in [2.05, 4.69) is 14.4 Å². The van der Waals surface area contributed by atoms with Crippen molar-refractivity contribution in [3.63, 3.8) is 0 Å². The van der Waals surface area contributed by atoms with Gasteiger partial charge in [0.2, 0.25) is 0 Å². The summed E-state index contributed by atoms with van der Waals surface area (Å²) < 4.78 is 92.7. The van der Waals surface area contributed by atoms with Gasteiger partial charge >= 0.3 is 6.18 Å². The first kappa shape index (κ1) is 21.1. The van der Waals surface area contributed by atoms with E-state index >= 15 is 0 Å². The van der Waals surface area contributed by atoms with Gasteiger partial charge < -0.3 is 0 Å². The molecule has 0 bridgehead atoms. The maximum atomic E-state index is 12.8. The van der Waals surface area contributed by atoms with Crippen molar-refractivity contribution in [2.24, 2.45) is 4.99 Å². The summed E-state index contributed by atoms with van der Waals surface area (Å²) >= 11 is 0. The molecule has 1 aliphatic rings. The van der Waals surface area contributed by atoms with Crippen LogP contribution in [0.1, 0.15) is 18.4 Å². The van der Waals surface area contributed by atoms with Crippen LogP contribution in [-0.2, 0) is 26.2 Å². The molecule has 0 saturated carbocycles. The van der Waals surface area contributed by atoms with Crippen LogP contribution >= 0.6 is 0 Å². The van der Waals surface area contributed by atoms with Gasteiger partial charge in [-0.1, -0.05) is 12.1 Å². The Balaban J connectivity index is 1.86. The van der Waals surface area contributed by atoms with Crippen molar-refractivity contribution in [1.29, 1.82) is 0 Å². The quantitative estimate of drug-likeness (QED) is 0.735. The van der Waals surface area contributed by atoms with Crippen LogP contribution in [0.3, 0.4) is 0 Å². The minimum absolute atomic E-state index is 0.112. The Labute approximate surface area is 165 Å². The van der Waals surface area contributed by atoms with Crippen molar-refractivity contribution in [1.82, 2.24) is 4.72 Å². The second-order valence-electron chi connectivity index (χ2n) is 6.20. The van der Waals surface area contributed by atoms with Gasteiger partial charge in [0.25, 0.3) is 20.0 Å². The van der Waals surface area contributed by atoms with E-state index in [0.29, 0.717) is 24.9 Å². The minimum atomic E-state index is -4.70. The molecule has 0 unspecified atom stereocenters. The third kappa shape index (κ3) is 5.07. The highest BCUT2D eigenvalue weighted by Crippen LogP contribution is 2.31. The number of amidine groups is 1. The molecule has 1 aliphatic heterocycles. The maximum Gasteiger partial charge on any atom is 0.416 e. The molecule has 0 spiro atoms. The normalized spacial score (nSPS) is 15.1. The van der Waals surface area contributed by atoms with Crippen molar-refractivity contribution in [2.75, 3.05) is 11.3 Å². The van der Waals surface area contributed by atoms with Crippen molar-refractivity contribution in [2.45, 2.75) is 28.8 Å². The van der Waals surface area contributed by atoms with Crippen molar-refractivity contribution < 1.29 is 30.0 Å². The van der Waals surface area contributed by atoms with Crippen LogP contribution in [0.15, 0.2) is 63.3 Å². The summed E-state index contributed by atoms with van der Waals surface area (Å²) in [7, 11) is -8.35. The summed E-state index contributed by atoms with van der Waals surface area (Å²) in [6.45, 7) is 0.523. The van der Waals surface area contributed by atoms with Crippen LogP contribution in [0.2, 0.25) is 0 Å². The number of hydrogen-bond acceptors (Lipinski definition) is 5. The lowest BCUT2D eigenvalue weighted by Crippen LogP contribution is -2.29. The van der Waals surface area contributed by atoms with Crippen LogP contribution in [-0.4, -0.2) is 29.2 Å². The number of hydrogen-bond donors (Lipinski definition) is 2. The van der Waals surface area contributed by atoms with Gasteiger partial charge in [-0.2, -0.15) is 13.2 Å². The van der Waals surface area contributed by atoms with E-state index < -0.39 is 36.7 Å². The molecule has 0 fully saturated rings. The Morgan fingerprint density at radius 2 is 1.48 bits per heavy atom. The predicted molar refractivity (Wildman–Crippen MR) is 101 cm³/mol. The average Bonchev–Trinajstić information content (AvgIpc) is 3.13. The first-order valence-electron chi connectivity index (χ1n) is 8.34. The molecule has 0 saturated heterocycles. The fourth-order valence-corrected chi connectivity index (χ4v) is 4.85. The minimum Gasteiger partial charge on any atom is -0.280 e. The molecule has 2 aromatic rings. The zero-order chi connectivity index (χ0) is 21.3. The van der Waals surface area contributed by atoms with Crippen LogP contribution in [0.4, 0.5) is 18.9 Å². The number of halogens is 3. The average molecular weight is 447 g/mol. The summed E-state index contributed by atoms with van der Waals surface area (Å²) in [5, 5.41) is 0. The highest BCUT2D eigenvalue weighted by Gasteiger charge is 2.31. The molecule has 0 aliphatic carbocycles.